The average Bonchev–Trinajstić information content (AvgIpc) is 2.75. The molecule has 0 aliphatic heterocycles. The molecule has 2 aromatic rings. The molecule has 0 unspecified atom stereocenters. The van der Waals surface area contributed by atoms with E-state index in [-0.39, 0.29) is 17.8 Å². The molecule has 2 aromatic carbocycles. The Kier molecular flexibility index (Phi) is 7.43. The van der Waals surface area contributed by atoms with Crippen molar-refractivity contribution in [2.45, 2.75) is 6.92 Å². The first-order valence-corrected chi connectivity index (χ1v) is 8.59. The van der Waals surface area contributed by atoms with Crippen LogP contribution in [0.2, 0.25) is 0 Å². The lowest BCUT2D eigenvalue weighted by molar-refractivity contribution is 0.302. The Bertz CT molecular complexity index is 970. The van der Waals surface area contributed by atoms with E-state index in [4.69, 9.17) is 15.6 Å². The van der Waals surface area contributed by atoms with Gasteiger partial charge in [-0.1, -0.05) is 12.1 Å². The van der Waals surface area contributed by atoms with Crippen LogP contribution in [-0.2, 0) is 0 Å². The van der Waals surface area contributed by atoms with Crippen molar-refractivity contribution in [1.29, 1.82) is 15.8 Å². The van der Waals surface area contributed by atoms with Gasteiger partial charge in [0.15, 0.2) is 0 Å². The highest BCUT2D eigenvalue weighted by Crippen LogP contribution is 2.24. The van der Waals surface area contributed by atoms with Gasteiger partial charge in [0.2, 0.25) is 0 Å². The van der Waals surface area contributed by atoms with Crippen molar-refractivity contribution in [1.82, 2.24) is 0 Å². The summed E-state index contributed by atoms with van der Waals surface area (Å²) in [5, 5.41) is 44.5. The molecule has 2 rings (SSSR count). The lowest BCUT2D eigenvalue weighted by atomic mass is 10.0. The summed E-state index contributed by atoms with van der Waals surface area (Å²) in [6.45, 7) is 3.49. The topological polar surface area (TPSA) is 120 Å². The molecule has 0 bridgehead atoms. The Morgan fingerprint density at radius 2 is 1.43 bits per heavy atom. The third kappa shape index (κ3) is 5.02. The minimum atomic E-state index is -0.223. The number of benzene rings is 2. The summed E-state index contributed by atoms with van der Waals surface area (Å²) in [5.41, 5.74) is 2.55. The van der Waals surface area contributed by atoms with E-state index in [0.717, 1.165) is 12.2 Å². The number of aliphatic hydroxyl groups excluding tert-OH is 1. The molecule has 28 heavy (non-hydrogen) atoms. The number of hydrogen-bond donors (Lipinski definition) is 1. The number of nitriles is 3. The molecule has 138 valence electrons. The van der Waals surface area contributed by atoms with Crippen molar-refractivity contribution in [3.8, 4) is 18.2 Å². The van der Waals surface area contributed by atoms with Crippen molar-refractivity contribution in [3.63, 3.8) is 0 Å². The van der Waals surface area contributed by atoms with E-state index in [1.807, 2.05) is 37.3 Å². The number of rotatable bonds is 7. The maximum absolute atomic E-state index is 9.18. The predicted molar refractivity (Wildman–Crippen MR) is 106 cm³/mol. The number of aliphatic hydroxyl groups is 1. The van der Waals surface area contributed by atoms with Gasteiger partial charge in [0.1, 0.15) is 23.8 Å². The largest absolute Gasteiger partial charge is 0.395 e. The van der Waals surface area contributed by atoms with Gasteiger partial charge in [0.05, 0.1) is 23.6 Å². The molecule has 7 nitrogen and oxygen atoms in total. The minimum absolute atomic E-state index is 0.0347. The molecule has 0 fully saturated rings. The van der Waals surface area contributed by atoms with Crippen molar-refractivity contribution >= 4 is 22.6 Å². The lowest BCUT2D eigenvalue weighted by Crippen LogP contribution is -2.25. The minimum Gasteiger partial charge on any atom is -0.395 e. The van der Waals surface area contributed by atoms with Crippen molar-refractivity contribution in [3.05, 3.63) is 59.7 Å². The monoisotopic (exact) mass is 370 g/mol. The van der Waals surface area contributed by atoms with Gasteiger partial charge in [-0.15, -0.1) is 0 Å². The Labute approximate surface area is 163 Å². The zero-order chi connectivity index (χ0) is 20.4. The van der Waals surface area contributed by atoms with Crippen molar-refractivity contribution in [2.75, 3.05) is 24.6 Å². The van der Waals surface area contributed by atoms with E-state index in [9.17, 15) is 5.26 Å². The summed E-state index contributed by atoms with van der Waals surface area (Å²) in [6.07, 6.45) is 0. The third-order valence-corrected chi connectivity index (χ3v) is 3.99. The fraction of sp³-hybridized carbons (Fsp3) is 0.190. The van der Waals surface area contributed by atoms with Crippen LogP contribution in [0, 0.1) is 34.0 Å². The second kappa shape index (κ2) is 10.2. The van der Waals surface area contributed by atoms with Crippen LogP contribution in [0.1, 0.15) is 12.5 Å². The number of allylic oxidation sites excluding steroid dienone is 2. The fourth-order valence-corrected chi connectivity index (χ4v) is 2.53. The number of anilines is 1. The quantitative estimate of drug-likeness (QED) is 0.577. The van der Waals surface area contributed by atoms with Gasteiger partial charge in [0, 0.05) is 18.8 Å². The molecule has 7 heteroatoms. The highest BCUT2D eigenvalue weighted by Gasteiger charge is 2.08. The van der Waals surface area contributed by atoms with E-state index in [2.05, 4.69) is 15.1 Å². The van der Waals surface area contributed by atoms with Crippen LogP contribution in [0.3, 0.4) is 0 Å². The molecule has 0 aliphatic carbocycles. The molecule has 0 aliphatic rings. The van der Waals surface area contributed by atoms with Gasteiger partial charge in [-0.2, -0.15) is 26.0 Å². The van der Waals surface area contributed by atoms with Crippen LogP contribution >= 0.6 is 0 Å². The van der Waals surface area contributed by atoms with Crippen LogP contribution in [-0.4, -0.2) is 24.8 Å². The summed E-state index contributed by atoms with van der Waals surface area (Å²) in [7, 11) is 0. The van der Waals surface area contributed by atoms with E-state index < -0.39 is 0 Å². The summed E-state index contributed by atoms with van der Waals surface area (Å²) in [4.78, 5) is 2.05. The molecule has 0 saturated heterocycles. The Balaban J connectivity index is 2.16. The van der Waals surface area contributed by atoms with Crippen LogP contribution in [0.4, 0.5) is 17.1 Å². The smallest absolute Gasteiger partial charge is 0.148 e. The first-order valence-electron chi connectivity index (χ1n) is 8.59. The Morgan fingerprint density at radius 1 is 0.893 bits per heavy atom. The molecule has 1 N–H and O–H groups in total. The van der Waals surface area contributed by atoms with Gasteiger partial charge in [-0.25, -0.2) is 0 Å². The molecule has 0 spiro atoms. The molecular weight excluding hydrogens is 352 g/mol. The zero-order valence-electron chi connectivity index (χ0n) is 15.4. The normalized spacial score (nSPS) is 9.96. The second-order valence-electron chi connectivity index (χ2n) is 5.65. The third-order valence-electron chi connectivity index (χ3n) is 3.99. The average molecular weight is 370 g/mol. The zero-order valence-corrected chi connectivity index (χ0v) is 15.4. The molecule has 0 atom stereocenters. The standard InChI is InChI=1S/C21H18N6O/c1-2-27(11-12-28)20-9-7-19(8-10-20)26-25-18-5-3-16(4-6-18)21(15-24)17(13-22)14-23/h3-10,28H,2,11-12H2,1H3. The van der Waals surface area contributed by atoms with Gasteiger partial charge in [0.25, 0.3) is 0 Å². The fourth-order valence-electron chi connectivity index (χ4n) is 2.53. The van der Waals surface area contributed by atoms with Gasteiger partial charge in [-0.05, 0) is 48.9 Å². The SMILES string of the molecule is CCN(CCO)c1ccc(N=Nc2ccc(C(C#N)=C(C#N)C#N)cc2)cc1. The van der Waals surface area contributed by atoms with E-state index in [1.54, 1.807) is 36.4 Å². The number of azo groups is 1. The maximum atomic E-state index is 9.18. The number of likely N-dealkylation sites (N-methyl/N-ethyl adjacent to an activating group) is 1. The van der Waals surface area contributed by atoms with Crippen LogP contribution in [0.5, 0.6) is 0 Å². The van der Waals surface area contributed by atoms with E-state index in [1.165, 1.54) is 0 Å². The highest BCUT2D eigenvalue weighted by molar-refractivity contribution is 5.84. The molecule has 0 aromatic heterocycles. The molecule has 0 amide bonds. The van der Waals surface area contributed by atoms with Crippen LogP contribution < -0.4 is 4.90 Å². The van der Waals surface area contributed by atoms with Gasteiger partial charge >= 0.3 is 0 Å². The maximum Gasteiger partial charge on any atom is 0.148 e. The Hall–Kier alpha value is -3.99. The Morgan fingerprint density at radius 3 is 1.86 bits per heavy atom. The second-order valence-corrected chi connectivity index (χ2v) is 5.65. The lowest BCUT2D eigenvalue weighted by Gasteiger charge is -2.21. The van der Waals surface area contributed by atoms with Gasteiger partial charge < -0.3 is 10.0 Å². The van der Waals surface area contributed by atoms with Gasteiger partial charge in [-0.3, -0.25) is 0 Å². The predicted octanol–water partition coefficient (Wildman–Crippen LogP) is 4.24. The summed E-state index contributed by atoms with van der Waals surface area (Å²) >= 11 is 0. The first kappa shape index (κ1) is 20.3. The summed E-state index contributed by atoms with van der Waals surface area (Å²) < 4.78 is 0. The highest BCUT2D eigenvalue weighted by atomic mass is 16.3. The molecule has 0 heterocycles. The molecule has 0 radical (unpaired) electrons. The molecule has 0 saturated carbocycles. The number of hydrogen-bond acceptors (Lipinski definition) is 7. The van der Waals surface area contributed by atoms with Crippen molar-refractivity contribution in [2.24, 2.45) is 10.2 Å². The van der Waals surface area contributed by atoms with Crippen LogP contribution in [0.25, 0.3) is 5.57 Å². The van der Waals surface area contributed by atoms with E-state index in [0.29, 0.717) is 23.5 Å². The summed E-state index contributed by atoms with van der Waals surface area (Å²) in [5.74, 6) is 0. The first-order chi connectivity index (χ1) is 13.7. The van der Waals surface area contributed by atoms with E-state index >= 15 is 0 Å². The summed E-state index contributed by atoms with van der Waals surface area (Å²) in [6, 6.07) is 19.4. The number of nitrogens with zero attached hydrogens (tertiary/aromatic N) is 6. The van der Waals surface area contributed by atoms with Crippen molar-refractivity contribution < 1.29 is 5.11 Å². The molecular formula is C21H18N6O. The van der Waals surface area contributed by atoms with Crippen LogP contribution in [0.15, 0.2) is 64.3 Å².